The lowest BCUT2D eigenvalue weighted by Crippen LogP contribution is -2.35. The summed E-state index contributed by atoms with van der Waals surface area (Å²) >= 11 is 0. The zero-order valence-electron chi connectivity index (χ0n) is 17.2. The van der Waals surface area contributed by atoms with Gasteiger partial charge in [-0.3, -0.25) is 9.88 Å². The molecule has 1 unspecified atom stereocenters. The van der Waals surface area contributed by atoms with Crippen LogP contribution in [-0.2, 0) is 17.7 Å². The van der Waals surface area contributed by atoms with E-state index < -0.39 is 0 Å². The van der Waals surface area contributed by atoms with Gasteiger partial charge in [0.25, 0.3) is 0 Å². The van der Waals surface area contributed by atoms with Crippen LogP contribution in [0.4, 0.5) is 0 Å². The predicted octanol–water partition coefficient (Wildman–Crippen LogP) is 3.84. The number of likely N-dealkylation sites (tertiary alicyclic amines) is 1. The minimum Gasteiger partial charge on any atom is -0.460 e. The van der Waals surface area contributed by atoms with Gasteiger partial charge in [-0.2, -0.15) is 0 Å². The molecule has 5 nitrogen and oxygen atoms in total. The molecule has 5 heteroatoms. The summed E-state index contributed by atoms with van der Waals surface area (Å²) in [5.41, 5.74) is 3.06. The fourth-order valence-electron chi connectivity index (χ4n) is 4.42. The van der Waals surface area contributed by atoms with Gasteiger partial charge in [-0.15, -0.1) is 0 Å². The van der Waals surface area contributed by atoms with E-state index in [1.165, 1.54) is 29.2 Å². The van der Waals surface area contributed by atoms with Crippen LogP contribution in [0.1, 0.15) is 34.3 Å². The fourth-order valence-corrected chi connectivity index (χ4v) is 4.42. The van der Waals surface area contributed by atoms with E-state index in [0.29, 0.717) is 11.5 Å². The van der Waals surface area contributed by atoms with Gasteiger partial charge in [-0.1, -0.05) is 30.3 Å². The lowest BCUT2D eigenvalue weighted by molar-refractivity contribution is 0.0433. The maximum absolute atomic E-state index is 12.1. The average Bonchev–Trinajstić information content (AvgIpc) is 2.78. The molecule has 1 fully saturated rings. The smallest absolute Gasteiger partial charge is 0.338 e. The van der Waals surface area contributed by atoms with Crippen molar-refractivity contribution >= 4 is 16.7 Å². The summed E-state index contributed by atoms with van der Waals surface area (Å²) in [4.78, 5) is 18.8. The summed E-state index contributed by atoms with van der Waals surface area (Å²) in [6.07, 6.45) is 7.31. The number of carbonyl (C=O) groups excluding carboxylic acids is 1. The second kappa shape index (κ2) is 9.83. The molecule has 2 heterocycles. The second-order valence-electron chi connectivity index (χ2n) is 8.02. The molecular weight excluding hydrogens is 376 g/mol. The maximum Gasteiger partial charge on any atom is 0.338 e. The molecule has 0 aliphatic carbocycles. The van der Waals surface area contributed by atoms with E-state index in [4.69, 9.17) is 9.84 Å². The highest BCUT2D eigenvalue weighted by molar-refractivity contribution is 5.89. The highest BCUT2D eigenvalue weighted by Crippen LogP contribution is 2.26. The Bertz CT molecular complexity index is 999. The Hall–Kier alpha value is -2.76. The van der Waals surface area contributed by atoms with Gasteiger partial charge in [0.2, 0.25) is 0 Å². The first-order chi connectivity index (χ1) is 14.7. The molecule has 1 aliphatic heterocycles. The Kier molecular flexibility index (Phi) is 6.72. The number of hydrogen-bond donors (Lipinski definition) is 1. The first-order valence-corrected chi connectivity index (χ1v) is 10.6. The van der Waals surface area contributed by atoms with Crippen molar-refractivity contribution in [2.24, 2.45) is 5.92 Å². The highest BCUT2D eigenvalue weighted by Gasteiger charge is 2.21. The van der Waals surface area contributed by atoms with Crippen molar-refractivity contribution in [3.63, 3.8) is 0 Å². The van der Waals surface area contributed by atoms with Crippen molar-refractivity contribution in [2.45, 2.75) is 25.8 Å². The van der Waals surface area contributed by atoms with Crippen LogP contribution in [0.3, 0.4) is 0 Å². The number of aliphatic hydroxyl groups excluding tert-OH is 1. The van der Waals surface area contributed by atoms with E-state index >= 15 is 0 Å². The van der Waals surface area contributed by atoms with Crippen LogP contribution in [0.15, 0.2) is 60.9 Å². The fraction of sp³-hybridized carbons (Fsp3) is 0.360. The molecule has 1 saturated heterocycles. The van der Waals surface area contributed by atoms with Crippen molar-refractivity contribution in [1.29, 1.82) is 0 Å². The van der Waals surface area contributed by atoms with Gasteiger partial charge >= 0.3 is 5.97 Å². The molecule has 0 amide bonds. The van der Waals surface area contributed by atoms with Gasteiger partial charge in [-0.05, 0) is 66.4 Å². The summed E-state index contributed by atoms with van der Waals surface area (Å²) in [5.74, 6) is 0.239. The standard InChI is InChI=1S/C25H28N2O3/c28-12-13-30-25(29)22-7-1-4-19(15-22)17-27-11-3-5-20(18-27)14-21-6-2-8-23-16-26-10-9-24(21)23/h1-2,4,6-10,15-16,20,28H,3,5,11-14,17-18H2. The third-order valence-electron chi connectivity index (χ3n) is 5.78. The van der Waals surface area contributed by atoms with Gasteiger partial charge in [-0.25, -0.2) is 4.79 Å². The maximum atomic E-state index is 12.1. The third-order valence-corrected chi connectivity index (χ3v) is 5.78. The Labute approximate surface area is 177 Å². The summed E-state index contributed by atoms with van der Waals surface area (Å²) in [7, 11) is 0. The van der Waals surface area contributed by atoms with Crippen LogP contribution in [0.2, 0.25) is 0 Å². The molecule has 3 aromatic rings. The predicted molar refractivity (Wildman–Crippen MR) is 117 cm³/mol. The van der Waals surface area contributed by atoms with Gasteiger partial charge in [0.15, 0.2) is 0 Å². The van der Waals surface area contributed by atoms with Crippen molar-refractivity contribution in [3.8, 4) is 0 Å². The molecule has 2 aromatic carbocycles. The van der Waals surface area contributed by atoms with Gasteiger partial charge in [0.1, 0.15) is 6.61 Å². The van der Waals surface area contributed by atoms with E-state index in [9.17, 15) is 4.79 Å². The molecule has 156 valence electrons. The van der Waals surface area contributed by atoms with E-state index in [1.54, 1.807) is 6.07 Å². The zero-order valence-corrected chi connectivity index (χ0v) is 17.2. The van der Waals surface area contributed by atoms with Crippen LogP contribution in [-0.4, -0.2) is 47.3 Å². The van der Waals surface area contributed by atoms with Crippen molar-refractivity contribution in [3.05, 3.63) is 77.6 Å². The number of esters is 1. The molecule has 0 spiro atoms. The minimum absolute atomic E-state index is 0.0289. The van der Waals surface area contributed by atoms with Crippen LogP contribution in [0.25, 0.3) is 10.8 Å². The number of carbonyl (C=O) groups is 1. The van der Waals surface area contributed by atoms with Crippen LogP contribution in [0.5, 0.6) is 0 Å². The van der Waals surface area contributed by atoms with Crippen LogP contribution < -0.4 is 0 Å². The first-order valence-electron chi connectivity index (χ1n) is 10.6. The van der Waals surface area contributed by atoms with Gasteiger partial charge < -0.3 is 9.84 Å². The van der Waals surface area contributed by atoms with Gasteiger partial charge in [0.05, 0.1) is 12.2 Å². The topological polar surface area (TPSA) is 62.7 Å². The molecule has 30 heavy (non-hydrogen) atoms. The highest BCUT2D eigenvalue weighted by atomic mass is 16.5. The number of fused-ring (bicyclic) bond motifs is 1. The molecule has 1 aromatic heterocycles. The molecule has 0 radical (unpaired) electrons. The summed E-state index contributed by atoms with van der Waals surface area (Å²) in [6, 6.07) is 16.2. The number of benzene rings is 2. The SMILES string of the molecule is O=C(OCCO)c1cccc(CN2CCCC(Cc3cccc4cnccc34)C2)c1. The molecule has 0 saturated carbocycles. The lowest BCUT2D eigenvalue weighted by atomic mass is 9.89. The van der Waals surface area contributed by atoms with Crippen LogP contribution in [0, 0.1) is 5.92 Å². The number of pyridine rings is 1. The monoisotopic (exact) mass is 404 g/mol. The van der Waals surface area contributed by atoms with Crippen LogP contribution >= 0.6 is 0 Å². The lowest BCUT2D eigenvalue weighted by Gasteiger charge is -2.33. The molecule has 1 aliphatic rings. The van der Waals surface area contributed by atoms with Gasteiger partial charge in [0, 0.05) is 30.9 Å². The normalized spacial score (nSPS) is 17.2. The van der Waals surface area contributed by atoms with Crippen molar-refractivity contribution in [1.82, 2.24) is 9.88 Å². The molecule has 1 atom stereocenters. The number of nitrogens with zero attached hydrogens (tertiary/aromatic N) is 2. The van der Waals surface area contributed by atoms with E-state index in [2.05, 4.69) is 40.2 Å². The Balaban J connectivity index is 1.40. The minimum atomic E-state index is -0.382. The molecule has 4 rings (SSSR count). The zero-order chi connectivity index (χ0) is 20.8. The average molecular weight is 405 g/mol. The second-order valence-corrected chi connectivity index (χ2v) is 8.02. The van der Waals surface area contributed by atoms with E-state index in [0.717, 1.165) is 31.6 Å². The molecular formula is C25H28N2O3. The Morgan fingerprint density at radius 2 is 2.10 bits per heavy atom. The number of hydrogen-bond acceptors (Lipinski definition) is 5. The Morgan fingerprint density at radius 1 is 1.20 bits per heavy atom. The third kappa shape index (κ3) is 5.04. The van der Waals surface area contributed by atoms with Crippen molar-refractivity contribution in [2.75, 3.05) is 26.3 Å². The quantitative estimate of drug-likeness (QED) is 0.606. The summed E-state index contributed by atoms with van der Waals surface area (Å²) in [6.45, 7) is 2.84. The number of aliphatic hydroxyl groups is 1. The number of ether oxygens (including phenoxy) is 1. The number of piperidine rings is 1. The number of rotatable bonds is 7. The number of aromatic nitrogens is 1. The summed E-state index contributed by atoms with van der Waals surface area (Å²) in [5, 5.41) is 11.3. The largest absolute Gasteiger partial charge is 0.460 e. The first kappa shape index (κ1) is 20.5. The van der Waals surface area contributed by atoms with E-state index in [1.807, 2.05) is 24.5 Å². The van der Waals surface area contributed by atoms with Crippen molar-refractivity contribution < 1.29 is 14.6 Å². The molecule has 0 bridgehead atoms. The molecule has 1 N–H and O–H groups in total. The van der Waals surface area contributed by atoms with E-state index in [-0.39, 0.29) is 19.2 Å². The summed E-state index contributed by atoms with van der Waals surface area (Å²) < 4.78 is 5.03. The Morgan fingerprint density at radius 3 is 3.00 bits per heavy atom.